The minimum absolute atomic E-state index is 0.128. The van der Waals surface area contributed by atoms with E-state index >= 15 is 0 Å². The monoisotopic (exact) mass is 465 g/mol. The molecule has 35 heavy (non-hydrogen) atoms. The Hall–Kier alpha value is -3.20. The molecule has 1 heterocycles. The normalized spacial score (nSPS) is 12.7. The second-order valence-electron chi connectivity index (χ2n) is 11.6. The Kier molecular flexibility index (Phi) is 6.98. The average Bonchev–Trinajstić information content (AvgIpc) is 3.24. The van der Waals surface area contributed by atoms with Crippen molar-refractivity contribution >= 4 is 17.2 Å². The van der Waals surface area contributed by atoms with E-state index in [1.165, 1.54) is 35.1 Å². The van der Waals surface area contributed by atoms with Crippen LogP contribution >= 0.6 is 0 Å². The molecule has 0 aliphatic carbocycles. The van der Waals surface area contributed by atoms with E-state index in [0.29, 0.717) is 0 Å². The van der Waals surface area contributed by atoms with Crippen LogP contribution in [0.4, 0.5) is 0 Å². The fraction of sp³-hybridized carbons (Fsp3) is 0.375. The molecule has 0 saturated carbocycles. The Morgan fingerprint density at radius 2 is 1.09 bits per heavy atom. The van der Waals surface area contributed by atoms with Crippen LogP contribution in [0.15, 0.2) is 66.7 Å². The lowest BCUT2D eigenvalue weighted by molar-refractivity contribution is 0.590. The quantitative estimate of drug-likeness (QED) is 0.266. The predicted octanol–water partition coefficient (Wildman–Crippen LogP) is 9.02. The van der Waals surface area contributed by atoms with E-state index < -0.39 is 0 Å². The second kappa shape index (κ2) is 9.81. The van der Waals surface area contributed by atoms with Gasteiger partial charge in [0.1, 0.15) is 11.0 Å². The van der Waals surface area contributed by atoms with E-state index in [-0.39, 0.29) is 10.8 Å². The van der Waals surface area contributed by atoms with Crippen molar-refractivity contribution in [1.29, 1.82) is 0 Å². The van der Waals surface area contributed by atoms with E-state index in [4.69, 9.17) is 10.2 Å². The van der Waals surface area contributed by atoms with Gasteiger partial charge in [-0.05, 0) is 39.5 Å². The van der Waals surface area contributed by atoms with Crippen molar-refractivity contribution in [3.8, 4) is 22.3 Å². The van der Waals surface area contributed by atoms with Gasteiger partial charge >= 0.3 is 0 Å². The Morgan fingerprint density at radius 1 is 0.657 bits per heavy atom. The predicted molar refractivity (Wildman–Crippen MR) is 151 cm³/mol. The lowest BCUT2D eigenvalue weighted by Crippen LogP contribution is -2.10. The summed E-state index contributed by atoms with van der Waals surface area (Å²) in [4.78, 5) is 1.74. The molecule has 0 aliphatic heterocycles. The van der Waals surface area contributed by atoms with Crippen LogP contribution in [0.2, 0.25) is 0 Å². The highest BCUT2D eigenvalue weighted by Gasteiger charge is 2.18. The van der Waals surface area contributed by atoms with Crippen molar-refractivity contribution in [2.24, 2.45) is 0 Å². The molecule has 0 spiro atoms. The Bertz CT molecular complexity index is 1210. The van der Waals surface area contributed by atoms with Crippen LogP contribution in [-0.4, -0.2) is 15.0 Å². The first-order valence-corrected chi connectivity index (χ1v) is 12.9. The summed E-state index contributed by atoms with van der Waals surface area (Å²) in [6.07, 6.45) is 7.56. The van der Waals surface area contributed by atoms with Gasteiger partial charge in [-0.3, -0.25) is 0 Å². The molecule has 1 aromatic heterocycles. The summed E-state index contributed by atoms with van der Waals surface area (Å²) in [7, 11) is 0. The average molecular weight is 466 g/mol. The number of aromatic nitrogens is 3. The second-order valence-corrected chi connectivity index (χ2v) is 11.6. The largest absolute Gasteiger partial charge is 0.158 e. The van der Waals surface area contributed by atoms with Crippen LogP contribution in [-0.2, 0) is 10.8 Å². The maximum Gasteiger partial charge on any atom is 0.122 e. The molecular weight excluding hydrogens is 426 g/mol. The molecule has 0 N–H and O–H groups in total. The van der Waals surface area contributed by atoms with Gasteiger partial charge in [0.2, 0.25) is 0 Å². The van der Waals surface area contributed by atoms with Crippen molar-refractivity contribution in [3.05, 3.63) is 77.9 Å². The van der Waals surface area contributed by atoms with Crippen LogP contribution in [0.3, 0.4) is 0 Å². The van der Waals surface area contributed by atoms with E-state index in [1.54, 1.807) is 4.80 Å². The smallest absolute Gasteiger partial charge is 0.122 e. The maximum absolute atomic E-state index is 4.92. The third-order valence-electron chi connectivity index (χ3n) is 6.64. The number of hydrogen-bond donors (Lipinski definition) is 0. The summed E-state index contributed by atoms with van der Waals surface area (Å²) in [5.74, 6) is 0. The molecule has 0 atom stereocenters. The minimum atomic E-state index is 0.128. The molecule has 0 amide bonds. The van der Waals surface area contributed by atoms with Crippen molar-refractivity contribution in [2.45, 2.75) is 78.6 Å². The number of unbranched alkanes of at least 4 members (excludes halogenated alkanes) is 2. The molecule has 0 unspecified atom stereocenters. The van der Waals surface area contributed by atoms with Crippen LogP contribution in [0.25, 0.3) is 39.5 Å². The summed E-state index contributed by atoms with van der Waals surface area (Å²) in [6.45, 7) is 15.7. The van der Waals surface area contributed by atoms with E-state index in [2.05, 4.69) is 115 Å². The summed E-state index contributed by atoms with van der Waals surface area (Å²) in [5.41, 5.74) is 9.35. The van der Waals surface area contributed by atoms with Gasteiger partial charge in [-0.2, -0.15) is 4.80 Å². The Balaban J connectivity index is 1.82. The SMILES string of the molecule is CCCC/C=C/n1nc2c(-c3ccc(C(C)(C)C)cc3)ccc(-c3ccc(C(C)(C)C)cc3)c2n1. The number of allylic oxidation sites excluding steroid dienone is 1. The van der Waals surface area contributed by atoms with Crippen molar-refractivity contribution in [1.82, 2.24) is 15.0 Å². The number of nitrogens with zero attached hydrogens (tertiary/aromatic N) is 3. The first-order chi connectivity index (χ1) is 16.6. The number of hydrogen-bond acceptors (Lipinski definition) is 2. The van der Waals surface area contributed by atoms with Gasteiger partial charge in [-0.15, -0.1) is 10.2 Å². The van der Waals surface area contributed by atoms with E-state index in [0.717, 1.165) is 28.6 Å². The van der Waals surface area contributed by atoms with Crippen molar-refractivity contribution in [2.75, 3.05) is 0 Å². The van der Waals surface area contributed by atoms with Crippen LogP contribution in [0.5, 0.6) is 0 Å². The molecule has 0 fully saturated rings. The topological polar surface area (TPSA) is 30.7 Å². The lowest BCUT2D eigenvalue weighted by Gasteiger charge is -2.19. The molecule has 3 heteroatoms. The van der Waals surface area contributed by atoms with Gasteiger partial charge < -0.3 is 0 Å². The van der Waals surface area contributed by atoms with E-state index in [9.17, 15) is 0 Å². The molecule has 182 valence electrons. The lowest BCUT2D eigenvalue weighted by atomic mass is 9.85. The van der Waals surface area contributed by atoms with Gasteiger partial charge in [-0.1, -0.05) is 128 Å². The molecule has 0 aliphatic rings. The van der Waals surface area contributed by atoms with Gasteiger partial charge in [0.25, 0.3) is 0 Å². The van der Waals surface area contributed by atoms with Gasteiger partial charge in [0.15, 0.2) is 0 Å². The summed E-state index contributed by atoms with van der Waals surface area (Å²) in [6, 6.07) is 22.2. The third kappa shape index (κ3) is 5.56. The van der Waals surface area contributed by atoms with Gasteiger partial charge in [0.05, 0.1) is 0 Å². The van der Waals surface area contributed by atoms with Crippen LogP contribution in [0.1, 0.15) is 78.9 Å². The number of benzene rings is 3. The first-order valence-electron chi connectivity index (χ1n) is 12.9. The minimum Gasteiger partial charge on any atom is -0.158 e. The first kappa shape index (κ1) is 24.9. The zero-order valence-electron chi connectivity index (χ0n) is 22.4. The summed E-state index contributed by atoms with van der Waals surface area (Å²) in [5, 5.41) is 9.84. The zero-order valence-corrected chi connectivity index (χ0v) is 22.4. The summed E-state index contributed by atoms with van der Waals surface area (Å²) < 4.78 is 0. The fourth-order valence-electron chi connectivity index (χ4n) is 4.33. The molecule has 4 rings (SSSR count). The van der Waals surface area contributed by atoms with Crippen molar-refractivity contribution < 1.29 is 0 Å². The molecule has 0 saturated heterocycles. The molecule has 3 nitrogen and oxygen atoms in total. The standard InChI is InChI=1S/C32H39N3/c1-8-9-10-11-22-35-33-29-27(23-12-16-25(17-13-23)31(2,3)4)20-21-28(30(29)34-35)24-14-18-26(19-15-24)32(5,6)7/h11-22H,8-10H2,1-7H3/b22-11+. The molecule has 3 aromatic carbocycles. The molecular formula is C32H39N3. The third-order valence-corrected chi connectivity index (χ3v) is 6.64. The fourth-order valence-corrected chi connectivity index (χ4v) is 4.33. The Morgan fingerprint density at radius 3 is 1.46 bits per heavy atom. The summed E-state index contributed by atoms with van der Waals surface area (Å²) >= 11 is 0. The molecule has 0 radical (unpaired) electrons. The zero-order chi connectivity index (χ0) is 25.2. The number of rotatable bonds is 6. The Labute approximate surface area is 210 Å². The highest BCUT2D eigenvalue weighted by atomic mass is 15.5. The molecule has 0 bridgehead atoms. The van der Waals surface area contributed by atoms with Crippen molar-refractivity contribution in [3.63, 3.8) is 0 Å². The highest BCUT2D eigenvalue weighted by molar-refractivity contribution is 6.00. The highest BCUT2D eigenvalue weighted by Crippen LogP contribution is 2.35. The van der Waals surface area contributed by atoms with Crippen LogP contribution < -0.4 is 0 Å². The molecule has 4 aromatic rings. The maximum atomic E-state index is 4.92. The number of fused-ring (bicyclic) bond motifs is 1. The van der Waals surface area contributed by atoms with E-state index in [1.807, 2.05) is 6.20 Å². The van der Waals surface area contributed by atoms with Gasteiger partial charge in [0, 0.05) is 17.3 Å². The van der Waals surface area contributed by atoms with Crippen LogP contribution in [0, 0.1) is 0 Å². The van der Waals surface area contributed by atoms with Gasteiger partial charge in [-0.25, -0.2) is 0 Å².